The zero-order chi connectivity index (χ0) is 17.1. The summed E-state index contributed by atoms with van der Waals surface area (Å²) in [6.07, 6.45) is 3.87. The van der Waals surface area contributed by atoms with Crippen LogP contribution in [0, 0.1) is 0 Å². The highest BCUT2D eigenvalue weighted by molar-refractivity contribution is 8.27. The molecule has 1 fully saturated rings. The van der Waals surface area contributed by atoms with E-state index in [1.54, 1.807) is 12.1 Å². The summed E-state index contributed by atoms with van der Waals surface area (Å²) >= 11 is 6.62. The quantitative estimate of drug-likeness (QED) is 0.639. The van der Waals surface area contributed by atoms with Gasteiger partial charge in [0.25, 0.3) is 5.91 Å². The van der Waals surface area contributed by atoms with Gasteiger partial charge in [-0.2, -0.15) is 0 Å². The Bertz CT molecular complexity index is 839. The van der Waals surface area contributed by atoms with Crippen molar-refractivity contribution in [2.45, 2.75) is 6.92 Å². The Labute approximate surface area is 150 Å². The number of anilines is 1. The van der Waals surface area contributed by atoms with Gasteiger partial charge in [-0.25, -0.2) is 0 Å². The van der Waals surface area contributed by atoms with Gasteiger partial charge in [-0.1, -0.05) is 60.4 Å². The molecule has 2 aromatic carbocycles. The first-order valence-corrected chi connectivity index (χ1v) is 8.57. The van der Waals surface area contributed by atoms with Gasteiger partial charge >= 0.3 is 0 Å². The van der Waals surface area contributed by atoms with E-state index in [-0.39, 0.29) is 11.7 Å². The van der Waals surface area contributed by atoms with Gasteiger partial charge in [-0.15, -0.1) is 0 Å². The molecule has 2 aromatic rings. The summed E-state index contributed by atoms with van der Waals surface area (Å²) < 4.78 is 0.490. The molecule has 5 heteroatoms. The fourth-order valence-electron chi connectivity index (χ4n) is 2.35. The number of thioether (sulfide) groups is 1. The Balaban J connectivity index is 1.85. The summed E-state index contributed by atoms with van der Waals surface area (Å²) in [5.41, 5.74) is 2.72. The predicted octanol–water partition coefficient (Wildman–Crippen LogP) is 4.74. The van der Waals surface area contributed by atoms with E-state index < -0.39 is 0 Å². The summed E-state index contributed by atoms with van der Waals surface area (Å²) in [5, 5.41) is 9.38. The molecule has 1 aliphatic heterocycles. The third-order valence-electron chi connectivity index (χ3n) is 3.45. The first kappa shape index (κ1) is 16.5. The van der Waals surface area contributed by atoms with Crippen molar-refractivity contribution in [1.29, 1.82) is 0 Å². The van der Waals surface area contributed by atoms with Crippen LogP contribution >= 0.6 is 24.0 Å². The van der Waals surface area contributed by atoms with Crippen molar-refractivity contribution in [3.8, 4) is 5.75 Å². The Hall–Kier alpha value is -2.37. The minimum Gasteiger partial charge on any atom is -0.508 e. The maximum absolute atomic E-state index is 12.6. The summed E-state index contributed by atoms with van der Waals surface area (Å²) in [6, 6.07) is 16.4. The van der Waals surface area contributed by atoms with Gasteiger partial charge in [0.1, 0.15) is 5.75 Å². The van der Waals surface area contributed by atoms with E-state index in [1.165, 1.54) is 28.8 Å². The van der Waals surface area contributed by atoms with Crippen molar-refractivity contribution in [2.24, 2.45) is 0 Å². The molecule has 120 valence electrons. The number of carbonyl (C=O) groups is 1. The average molecular weight is 353 g/mol. The number of hydrogen-bond donors (Lipinski definition) is 1. The van der Waals surface area contributed by atoms with Gasteiger partial charge in [0.2, 0.25) is 0 Å². The smallest absolute Gasteiger partial charge is 0.270 e. The van der Waals surface area contributed by atoms with Gasteiger partial charge < -0.3 is 5.11 Å². The lowest BCUT2D eigenvalue weighted by Crippen LogP contribution is -2.27. The maximum Gasteiger partial charge on any atom is 0.270 e. The Morgan fingerprint density at radius 2 is 1.79 bits per heavy atom. The molecule has 1 amide bonds. The second kappa shape index (κ2) is 7.03. The van der Waals surface area contributed by atoms with Crippen LogP contribution in [0.2, 0.25) is 0 Å². The van der Waals surface area contributed by atoms with E-state index in [4.69, 9.17) is 12.2 Å². The number of hydrogen-bond acceptors (Lipinski definition) is 4. The van der Waals surface area contributed by atoms with Crippen molar-refractivity contribution >= 4 is 46.0 Å². The Morgan fingerprint density at radius 1 is 1.12 bits per heavy atom. The molecular weight excluding hydrogens is 338 g/mol. The van der Waals surface area contributed by atoms with Crippen LogP contribution in [0.3, 0.4) is 0 Å². The zero-order valence-electron chi connectivity index (χ0n) is 13.0. The van der Waals surface area contributed by atoms with Crippen molar-refractivity contribution < 1.29 is 9.90 Å². The lowest BCUT2D eigenvalue weighted by molar-refractivity contribution is -0.113. The third kappa shape index (κ3) is 3.58. The van der Waals surface area contributed by atoms with Gasteiger partial charge in [0, 0.05) is 0 Å². The normalized spacial score (nSPS) is 17.0. The van der Waals surface area contributed by atoms with E-state index in [0.29, 0.717) is 14.9 Å². The molecule has 0 aliphatic carbocycles. The highest BCUT2D eigenvalue weighted by atomic mass is 32.2. The van der Waals surface area contributed by atoms with E-state index in [2.05, 4.69) is 0 Å². The van der Waals surface area contributed by atoms with E-state index in [9.17, 15) is 9.90 Å². The standard InChI is InChI=1S/C19H15NO2S2/c1-13(11-14-5-3-2-4-6-14)12-17-18(22)20(19(23)24-17)15-7-9-16(21)10-8-15/h2-12,21H,1H3/b13-11+,17-12-. The highest BCUT2D eigenvalue weighted by Gasteiger charge is 2.33. The number of nitrogens with zero attached hydrogens (tertiary/aromatic N) is 1. The molecule has 1 saturated heterocycles. The van der Waals surface area contributed by atoms with E-state index >= 15 is 0 Å². The number of allylic oxidation sites excluding steroid dienone is 2. The number of rotatable bonds is 3. The number of benzene rings is 2. The van der Waals surface area contributed by atoms with Crippen molar-refractivity contribution in [2.75, 3.05) is 4.90 Å². The second-order valence-electron chi connectivity index (χ2n) is 5.33. The summed E-state index contributed by atoms with van der Waals surface area (Å²) in [4.78, 5) is 14.7. The molecule has 1 heterocycles. The number of phenolic OH excluding ortho intramolecular Hbond substituents is 1. The number of amides is 1. The first-order valence-electron chi connectivity index (χ1n) is 7.35. The molecule has 0 unspecified atom stereocenters. The molecule has 3 nitrogen and oxygen atoms in total. The van der Waals surface area contributed by atoms with Crippen molar-refractivity contribution in [1.82, 2.24) is 0 Å². The molecule has 0 radical (unpaired) electrons. The van der Waals surface area contributed by atoms with Crippen molar-refractivity contribution in [3.05, 3.63) is 76.7 Å². The van der Waals surface area contributed by atoms with Crippen LogP contribution in [0.1, 0.15) is 12.5 Å². The number of phenols is 1. The zero-order valence-corrected chi connectivity index (χ0v) is 14.6. The predicted molar refractivity (Wildman–Crippen MR) is 104 cm³/mol. The third-order valence-corrected chi connectivity index (χ3v) is 4.76. The monoisotopic (exact) mass is 353 g/mol. The molecule has 1 N–H and O–H groups in total. The largest absolute Gasteiger partial charge is 0.508 e. The van der Waals surface area contributed by atoms with E-state index in [1.807, 2.05) is 49.4 Å². The van der Waals surface area contributed by atoms with Crippen LogP contribution in [-0.2, 0) is 4.79 Å². The summed E-state index contributed by atoms with van der Waals surface area (Å²) in [5.74, 6) is 0.0119. The van der Waals surface area contributed by atoms with Crippen LogP contribution in [0.4, 0.5) is 5.69 Å². The number of thiocarbonyl (C=S) groups is 1. The number of aromatic hydroxyl groups is 1. The fraction of sp³-hybridized carbons (Fsp3) is 0.0526. The molecule has 0 spiro atoms. The van der Waals surface area contributed by atoms with Crippen LogP contribution in [0.15, 0.2) is 71.2 Å². The average Bonchev–Trinajstić information content (AvgIpc) is 2.83. The Morgan fingerprint density at radius 3 is 2.46 bits per heavy atom. The Kier molecular flexibility index (Phi) is 4.83. The lowest BCUT2D eigenvalue weighted by atomic mass is 10.1. The topological polar surface area (TPSA) is 40.5 Å². The molecule has 3 rings (SSSR count). The highest BCUT2D eigenvalue weighted by Crippen LogP contribution is 2.36. The lowest BCUT2D eigenvalue weighted by Gasteiger charge is -2.14. The molecule has 0 aromatic heterocycles. The molecule has 0 saturated carbocycles. The van der Waals surface area contributed by atoms with Gasteiger partial charge in [0.15, 0.2) is 4.32 Å². The van der Waals surface area contributed by atoms with Crippen LogP contribution in [-0.4, -0.2) is 15.3 Å². The van der Waals surface area contributed by atoms with Crippen LogP contribution in [0.25, 0.3) is 6.08 Å². The molecule has 0 bridgehead atoms. The van der Waals surface area contributed by atoms with Crippen LogP contribution < -0.4 is 4.90 Å². The van der Waals surface area contributed by atoms with Crippen LogP contribution in [0.5, 0.6) is 5.75 Å². The number of carbonyl (C=O) groups excluding carboxylic acids is 1. The fourth-order valence-corrected chi connectivity index (χ4v) is 3.70. The summed E-state index contributed by atoms with van der Waals surface area (Å²) in [7, 11) is 0. The molecule has 1 aliphatic rings. The first-order chi connectivity index (χ1) is 11.5. The SMILES string of the molecule is CC(/C=C1\SC(=S)N(c2ccc(O)cc2)C1=O)=C\c1ccccc1. The van der Waals surface area contributed by atoms with E-state index in [0.717, 1.165) is 11.1 Å². The molecule has 0 atom stereocenters. The maximum atomic E-state index is 12.6. The van der Waals surface area contributed by atoms with Gasteiger partial charge in [0.05, 0.1) is 10.6 Å². The molecular formula is C19H15NO2S2. The summed E-state index contributed by atoms with van der Waals surface area (Å²) in [6.45, 7) is 1.96. The van der Waals surface area contributed by atoms with Gasteiger partial charge in [-0.05, 0) is 48.4 Å². The second-order valence-corrected chi connectivity index (χ2v) is 7.01. The minimum absolute atomic E-state index is 0.142. The minimum atomic E-state index is -0.142. The van der Waals surface area contributed by atoms with Gasteiger partial charge in [-0.3, -0.25) is 9.69 Å². The molecule has 24 heavy (non-hydrogen) atoms. The van der Waals surface area contributed by atoms with Crippen molar-refractivity contribution in [3.63, 3.8) is 0 Å².